The molecule has 24 heavy (non-hydrogen) atoms. The number of hydrogen-bond acceptors (Lipinski definition) is 2. The van der Waals surface area contributed by atoms with Gasteiger partial charge in [-0.2, -0.15) is 0 Å². The van der Waals surface area contributed by atoms with Crippen LogP contribution in [-0.4, -0.2) is 4.98 Å². The predicted octanol–water partition coefficient (Wildman–Crippen LogP) is 6.11. The second-order valence-electron chi connectivity index (χ2n) is 6.11. The third-order valence-electron chi connectivity index (χ3n) is 4.67. The molecule has 2 heteroatoms. The van der Waals surface area contributed by atoms with Gasteiger partial charge in [-0.3, -0.25) is 4.98 Å². The van der Waals surface area contributed by atoms with Crippen LogP contribution in [0, 0.1) is 6.92 Å². The summed E-state index contributed by atoms with van der Waals surface area (Å²) in [5.74, 6) is 0. The number of pyridine rings is 1. The fourth-order valence-corrected chi connectivity index (χ4v) is 3.50. The largest absolute Gasteiger partial charge is 0.455 e. The standard InChI is InChI=1S/C22H15NO/c1-14-10-11-18-17-8-4-5-9-19(17)24-22(18)20(14)21-16-7-3-2-6-15(16)12-13-23-21/h2-13H,1H3. The summed E-state index contributed by atoms with van der Waals surface area (Å²) in [5, 5.41) is 4.63. The van der Waals surface area contributed by atoms with Gasteiger partial charge in [-0.1, -0.05) is 54.6 Å². The van der Waals surface area contributed by atoms with Crippen molar-refractivity contribution in [1.82, 2.24) is 4.98 Å². The van der Waals surface area contributed by atoms with Gasteiger partial charge in [-0.15, -0.1) is 0 Å². The van der Waals surface area contributed by atoms with Crippen LogP contribution in [0.25, 0.3) is 44.0 Å². The van der Waals surface area contributed by atoms with E-state index < -0.39 is 0 Å². The van der Waals surface area contributed by atoms with Crippen molar-refractivity contribution in [3.63, 3.8) is 0 Å². The summed E-state index contributed by atoms with van der Waals surface area (Å²) < 4.78 is 6.23. The van der Waals surface area contributed by atoms with Gasteiger partial charge in [0.05, 0.1) is 5.69 Å². The monoisotopic (exact) mass is 309 g/mol. The van der Waals surface area contributed by atoms with Crippen LogP contribution in [0.4, 0.5) is 0 Å². The fourth-order valence-electron chi connectivity index (χ4n) is 3.50. The van der Waals surface area contributed by atoms with E-state index in [4.69, 9.17) is 9.40 Å². The van der Waals surface area contributed by atoms with Gasteiger partial charge in [0, 0.05) is 27.9 Å². The molecule has 0 bridgehead atoms. The van der Waals surface area contributed by atoms with Gasteiger partial charge < -0.3 is 4.42 Å². The number of benzene rings is 3. The Morgan fingerprint density at radius 3 is 2.46 bits per heavy atom. The van der Waals surface area contributed by atoms with Crippen molar-refractivity contribution in [3.05, 3.63) is 78.5 Å². The van der Waals surface area contributed by atoms with Gasteiger partial charge in [0.15, 0.2) is 0 Å². The highest BCUT2D eigenvalue weighted by molar-refractivity contribution is 6.12. The van der Waals surface area contributed by atoms with Crippen molar-refractivity contribution in [3.8, 4) is 11.3 Å². The molecule has 0 radical (unpaired) electrons. The zero-order valence-electron chi connectivity index (χ0n) is 13.3. The van der Waals surface area contributed by atoms with Crippen molar-refractivity contribution in [1.29, 1.82) is 0 Å². The van der Waals surface area contributed by atoms with Crippen molar-refractivity contribution >= 4 is 32.7 Å². The molecule has 0 N–H and O–H groups in total. The number of hydrogen-bond donors (Lipinski definition) is 0. The molecule has 5 aromatic rings. The first-order valence-electron chi connectivity index (χ1n) is 8.08. The Hall–Kier alpha value is -3.13. The quantitative estimate of drug-likeness (QED) is 0.373. The molecule has 114 valence electrons. The molecule has 3 aromatic carbocycles. The van der Waals surface area contributed by atoms with E-state index in [0.717, 1.165) is 38.6 Å². The van der Waals surface area contributed by atoms with Crippen molar-refractivity contribution in [2.24, 2.45) is 0 Å². The summed E-state index contributed by atoms with van der Waals surface area (Å²) >= 11 is 0. The Kier molecular flexibility index (Phi) is 2.74. The molecule has 2 aromatic heterocycles. The number of fused-ring (bicyclic) bond motifs is 4. The van der Waals surface area contributed by atoms with E-state index in [1.165, 1.54) is 10.9 Å². The Morgan fingerprint density at radius 2 is 1.54 bits per heavy atom. The average Bonchev–Trinajstić information content (AvgIpc) is 3.00. The van der Waals surface area contributed by atoms with E-state index >= 15 is 0 Å². The minimum atomic E-state index is 0.916. The van der Waals surface area contributed by atoms with Crippen LogP contribution in [0.5, 0.6) is 0 Å². The number of aromatic nitrogens is 1. The normalized spacial score (nSPS) is 11.5. The van der Waals surface area contributed by atoms with E-state index in [2.05, 4.69) is 49.4 Å². The van der Waals surface area contributed by atoms with Crippen LogP contribution in [0.1, 0.15) is 5.56 Å². The third kappa shape index (κ3) is 1.80. The highest BCUT2D eigenvalue weighted by Gasteiger charge is 2.16. The zero-order chi connectivity index (χ0) is 16.1. The SMILES string of the molecule is Cc1ccc2c(oc3ccccc32)c1-c1nccc2ccccc12. The number of rotatable bonds is 1. The Bertz CT molecular complexity index is 1210. The maximum atomic E-state index is 6.23. The molecule has 0 saturated carbocycles. The molecule has 0 spiro atoms. The summed E-state index contributed by atoms with van der Waals surface area (Å²) in [5.41, 5.74) is 5.07. The first-order chi connectivity index (χ1) is 11.8. The van der Waals surface area contributed by atoms with Crippen molar-refractivity contribution < 1.29 is 4.42 Å². The molecule has 5 rings (SSSR count). The van der Waals surface area contributed by atoms with Gasteiger partial charge >= 0.3 is 0 Å². The summed E-state index contributed by atoms with van der Waals surface area (Å²) in [4.78, 5) is 4.70. The Balaban J connectivity index is 1.97. The molecule has 0 atom stereocenters. The number of furan rings is 1. The van der Waals surface area contributed by atoms with Gasteiger partial charge in [0.1, 0.15) is 11.2 Å². The van der Waals surface area contributed by atoms with E-state index in [-0.39, 0.29) is 0 Å². The first-order valence-corrected chi connectivity index (χ1v) is 8.08. The van der Waals surface area contributed by atoms with E-state index in [0.29, 0.717) is 0 Å². The second kappa shape index (κ2) is 4.93. The molecule has 0 fully saturated rings. The lowest BCUT2D eigenvalue weighted by Gasteiger charge is -2.09. The first kappa shape index (κ1) is 13.3. The molecular formula is C22H15NO. The molecule has 0 aliphatic rings. The van der Waals surface area contributed by atoms with Crippen LogP contribution >= 0.6 is 0 Å². The maximum Gasteiger partial charge on any atom is 0.145 e. The van der Waals surface area contributed by atoms with Crippen molar-refractivity contribution in [2.45, 2.75) is 6.92 Å². The van der Waals surface area contributed by atoms with Crippen LogP contribution in [0.2, 0.25) is 0 Å². The van der Waals surface area contributed by atoms with Crippen molar-refractivity contribution in [2.75, 3.05) is 0 Å². The van der Waals surface area contributed by atoms with Crippen LogP contribution in [0.15, 0.2) is 77.3 Å². The topological polar surface area (TPSA) is 26.0 Å². The number of aryl methyl sites for hydroxylation is 1. The highest BCUT2D eigenvalue weighted by atomic mass is 16.3. The number of nitrogens with zero attached hydrogens (tertiary/aromatic N) is 1. The zero-order valence-corrected chi connectivity index (χ0v) is 13.3. The summed E-state index contributed by atoms with van der Waals surface area (Å²) in [6, 6.07) is 22.9. The van der Waals surface area contributed by atoms with Crippen LogP contribution in [-0.2, 0) is 0 Å². The Labute approximate surface area is 139 Å². The smallest absolute Gasteiger partial charge is 0.145 e. The van der Waals surface area contributed by atoms with Gasteiger partial charge in [-0.05, 0) is 30.0 Å². The summed E-state index contributed by atoms with van der Waals surface area (Å²) in [6.07, 6.45) is 1.87. The maximum absolute atomic E-state index is 6.23. The molecule has 0 unspecified atom stereocenters. The second-order valence-corrected chi connectivity index (χ2v) is 6.11. The molecule has 2 heterocycles. The molecule has 0 saturated heterocycles. The molecule has 0 aliphatic heterocycles. The van der Waals surface area contributed by atoms with E-state index in [9.17, 15) is 0 Å². The molecule has 0 amide bonds. The van der Waals surface area contributed by atoms with E-state index in [1.807, 2.05) is 30.5 Å². The van der Waals surface area contributed by atoms with Crippen LogP contribution < -0.4 is 0 Å². The lowest BCUT2D eigenvalue weighted by molar-refractivity contribution is 0.669. The molecule has 0 aliphatic carbocycles. The van der Waals surface area contributed by atoms with Crippen LogP contribution in [0.3, 0.4) is 0 Å². The minimum absolute atomic E-state index is 0.916. The summed E-state index contributed by atoms with van der Waals surface area (Å²) in [7, 11) is 0. The molecule has 2 nitrogen and oxygen atoms in total. The fraction of sp³-hybridized carbons (Fsp3) is 0.0455. The predicted molar refractivity (Wildman–Crippen MR) is 99.2 cm³/mol. The lowest BCUT2D eigenvalue weighted by Crippen LogP contribution is -1.89. The summed E-state index contributed by atoms with van der Waals surface area (Å²) in [6.45, 7) is 2.12. The van der Waals surface area contributed by atoms with E-state index in [1.54, 1.807) is 0 Å². The Morgan fingerprint density at radius 1 is 0.750 bits per heavy atom. The van der Waals surface area contributed by atoms with Gasteiger partial charge in [0.25, 0.3) is 0 Å². The highest BCUT2D eigenvalue weighted by Crippen LogP contribution is 2.39. The van der Waals surface area contributed by atoms with Gasteiger partial charge in [-0.25, -0.2) is 0 Å². The third-order valence-corrected chi connectivity index (χ3v) is 4.67. The minimum Gasteiger partial charge on any atom is -0.455 e. The average molecular weight is 309 g/mol. The van der Waals surface area contributed by atoms with Gasteiger partial charge in [0.2, 0.25) is 0 Å². The molecular weight excluding hydrogens is 294 g/mol. The number of para-hydroxylation sites is 1. The lowest BCUT2D eigenvalue weighted by atomic mass is 9.97.